The minimum Gasteiger partial charge on any atom is -0.487 e. The largest absolute Gasteiger partial charge is 0.487 e. The van der Waals surface area contributed by atoms with Gasteiger partial charge >= 0.3 is 0 Å². The summed E-state index contributed by atoms with van der Waals surface area (Å²) < 4.78 is 38.8. The summed E-state index contributed by atoms with van der Waals surface area (Å²) >= 11 is 0. The number of amidine groups is 1. The zero-order valence-electron chi connectivity index (χ0n) is 19.2. The highest BCUT2D eigenvalue weighted by Crippen LogP contribution is 2.43. The molecule has 0 aliphatic carbocycles. The van der Waals surface area contributed by atoms with Gasteiger partial charge in [0.15, 0.2) is 0 Å². The van der Waals surface area contributed by atoms with Crippen LogP contribution in [0.5, 0.6) is 17.2 Å². The van der Waals surface area contributed by atoms with Gasteiger partial charge in [-0.1, -0.05) is 0 Å². The first-order chi connectivity index (χ1) is 16.1. The van der Waals surface area contributed by atoms with E-state index in [0.717, 1.165) is 18.2 Å². The summed E-state index contributed by atoms with van der Waals surface area (Å²) in [5, 5.41) is 11.1. The number of hydrogen-bond acceptors (Lipinski definition) is 6. The number of nitrogens with zero attached hydrogens (tertiary/aromatic N) is 2. The van der Waals surface area contributed by atoms with Gasteiger partial charge in [0.25, 0.3) is 11.8 Å². The van der Waals surface area contributed by atoms with Crippen LogP contribution in [0.1, 0.15) is 46.5 Å². The Morgan fingerprint density at radius 2 is 2.03 bits per heavy atom. The summed E-state index contributed by atoms with van der Waals surface area (Å²) in [6.45, 7) is 3.62. The number of hydrogen-bond donors (Lipinski definition) is 2. The van der Waals surface area contributed by atoms with E-state index in [0.29, 0.717) is 35.7 Å². The molecule has 2 aromatic rings. The highest BCUT2D eigenvalue weighted by Gasteiger charge is 2.34. The number of carbonyl (C=O) groups excluding carboxylic acids is 2. The monoisotopic (exact) mass is 472 g/mol. The highest BCUT2D eigenvalue weighted by atomic mass is 19.1. The van der Waals surface area contributed by atoms with Crippen LogP contribution in [0.15, 0.2) is 35.4 Å². The van der Waals surface area contributed by atoms with E-state index in [9.17, 15) is 18.4 Å². The topological polar surface area (TPSA) is 92.3 Å². The summed E-state index contributed by atoms with van der Waals surface area (Å²) in [4.78, 5) is 24.8. The number of carbonyl (C=O) groups is 2. The summed E-state index contributed by atoms with van der Waals surface area (Å²) in [6.07, 6.45) is 1.16. The van der Waals surface area contributed by atoms with E-state index in [1.165, 1.54) is 12.1 Å². The summed E-state index contributed by atoms with van der Waals surface area (Å²) in [7, 11) is 1.82. The van der Waals surface area contributed by atoms with Gasteiger partial charge in [0.2, 0.25) is 0 Å². The fourth-order valence-electron chi connectivity index (χ4n) is 3.86. The van der Waals surface area contributed by atoms with Gasteiger partial charge in [-0.2, -0.15) is 5.10 Å². The minimum atomic E-state index is -0.806. The minimum absolute atomic E-state index is 0.144. The molecule has 0 saturated carbocycles. The van der Waals surface area contributed by atoms with Gasteiger partial charge in [-0.25, -0.2) is 8.78 Å². The number of amides is 2. The molecule has 10 heteroatoms. The molecule has 2 aliphatic rings. The van der Waals surface area contributed by atoms with Gasteiger partial charge < -0.3 is 20.1 Å². The number of fused-ring (bicyclic) bond motifs is 1. The molecule has 34 heavy (non-hydrogen) atoms. The van der Waals surface area contributed by atoms with Crippen molar-refractivity contribution in [3.05, 3.63) is 52.8 Å². The van der Waals surface area contributed by atoms with Crippen LogP contribution in [-0.2, 0) is 6.42 Å². The molecule has 2 aliphatic heterocycles. The normalized spacial score (nSPS) is 15.9. The molecular formula is C24H26F2N4O4. The van der Waals surface area contributed by atoms with Crippen LogP contribution in [0.2, 0.25) is 0 Å². The van der Waals surface area contributed by atoms with Crippen molar-refractivity contribution in [2.45, 2.75) is 32.3 Å². The molecule has 0 fully saturated rings. The number of halogens is 2. The Bertz CT molecular complexity index is 1170. The molecule has 2 heterocycles. The Morgan fingerprint density at radius 1 is 1.24 bits per heavy atom. The zero-order valence-corrected chi connectivity index (χ0v) is 19.2. The van der Waals surface area contributed by atoms with Crippen molar-refractivity contribution >= 4 is 17.6 Å². The summed E-state index contributed by atoms with van der Waals surface area (Å²) in [6, 6.07) is 7.02. The van der Waals surface area contributed by atoms with E-state index in [1.54, 1.807) is 17.1 Å². The van der Waals surface area contributed by atoms with Crippen LogP contribution in [0.3, 0.4) is 0 Å². The third-order valence-electron chi connectivity index (χ3n) is 5.43. The van der Waals surface area contributed by atoms with Gasteiger partial charge in [-0.05, 0) is 38.1 Å². The predicted molar refractivity (Wildman–Crippen MR) is 122 cm³/mol. The number of benzene rings is 2. The number of hydrazone groups is 1. The van der Waals surface area contributed by atoms with Crippen molar-refractivity contribution in [3.63, 3.8) is 0 Å². The second-order valence-corrected chi connectivity index (χ2v) is 8.81. The maximum Gasteiger partial charge on any atom is 0.256 e. The molecule has 8 nitrogen and oxygen atoms in total. The molecule has 2 aromatic carbocycles. The fraction of sp³-hybridized carbons (Fsp3) is 0.375. The molecule has 0 saturated heterocycles. The predicted octanol–water partition coefficient (Wildman–Crippen LogP) is 3.41. The average Bonchev–Trinajstić information content (AvgIpc) is 3.32. The van der Waals surface area contributed by atoms with E-state index >= 15 is 0 Å². The van der Waals surface area contributed by atoms with E-state index in [2.05, 4.69) is 15.7 Å². The molecule has 2 amide bonds. The maximum atomic E-state index is 14.6. The lowest BCUT2D eigenvalue weighted by molar-refractivity contribution is 0.0944. The molecule has 0 unspecified atom stereocenters. The van der Waals surface area contributed by atoms with Gasteiger partial charge in [-0.3, -0.25) is 14.6 Å². The van der Waals surface area contributed by atoms with Crippen LogP contribution in [0.25, 0.3) is 0 Å². The standard InChI is InChI=1S/C24H26F2N4O4/c1-24(2)13-17-19(33-15-4-5-16(18(26)12-15)23(32)27-8-7-25)10-14(11-20(17)34-24)22(31)28-21-6-9-30(3)29-21/h4-5,10-12H,6-9,13H2,1-3H3,(H,27,32)(H,28,29,31). The first kappa shape index (κ1) is 23.5. The molecule has 0 radical (unpaired) electrons. The van der Waals surface area contributed by atoms with Crippen molar-refractivity contribution < 1.29 is 27.8 Å². The SMILES string of the molecule is CN1CCC(NC(=O)c2cc(Oc3ccc(C(=O)NCCF)c(F)c3)c3c(c2)OC(C)(C)C3)=N1. The zero-order chi connectivity index (χ0) is 24.5. The molecular weight excluding hydrogens is 446 g/mol. The summed E-state index contributed by atoms with van der Waals surface area (Å²) in [5.74, 6) is -0.294. The quantitative estimate of drug-likeness (QED) is 0.672. The second kappa shape index (κ2) is 9.28. The molecule has 0 aromatic heterocycles. The maximum absolute atomic E-state index is 14.6. The second-order valence-electron chi connectivity index (χ2n) is 8.81. The Labute approximate surface area is 195 Å². The van der Waals surface area contributed by atoms with Gasteiger partial charge in [0.05, 0.1) is 5.56 Å². The number of ether oxygens (including phenoxy) is 2. The Morgan fingerprint density at radius 3 is 2.71 bits per heavy atom. The smallest absolute Gasteiger partial charge is 0.256 e. The highest BCUT2D eigenvalue weighted by molar-refractivity contribution is 6.07. The van der Waals surface area contributed by atoms with Crippen molar-refractivity contribution in [1.82, 2.24) is 15.6 Å². The van der Waals surface area contributed by atoms with Crippen LogP contribution in [-0.4, -0.2) is 55.1 Å². The molecule has 4 rings (SSSR count). The van der Waals surface area contributed by atoms with Gasteiger partial charge in [-0.15, -0.1) is 0 Å². The van der Waals surface area contributed by atoms with Crippen LogP contribution in [0.4, 0.5) is 8.78 Å². The first-order valence-electron chi connectivity index (χ1n) is 10.9. The first-order valence-corrected chi connectivity index (χ1v) is 10.9. The Hall–Kier alpha value is -3.69. The van der Waals surface area contributed by atoms with Crippen LogP contribution < -0.4 is 20.1 Å². The number of alkyl halides is 1. The lowest BCUT2D eigenvalue weighted by Gasteiger charge is -2.16. The van der Waals surface area contributed by atoms with E-state index in [4.69, 9.17) is 9.47 Å². The molecule has 0 bridgehead atoms. The van der Waals surface area contributed by atoms with Crippen LogP contribution in [0, 0.1) is 5.82 Å². The van der Waals surface area contributed by atoms with Crippen molar-refractivity contribution in [2.75, 3.05) is 26.8 Å². The van der Waals surface area contributed by atoms with E-state index < -0.39 is 24.0 Å². The van der Waals surface area contributed by atoms with Gasteiger partial charge in [0.1, 0.15) is 41.2 Å². The fourth-order valence-corrected chi connectivity index (χ4v) is 3.86. The van der Waals surface area contributed by atoms with Crippen molar-refractivity contribution in [2.24, 2.45) is 5.10 Å². The Kier molecular flexibility index (Phi) is 6.41. The number of rotatable bonds is 6. The lowest BCUT2D eigenvalue weighted by Crippen LogP contribution is -2.29. The molecule has 2 N–H and O–H groups in total. The molecule has 0 spiro atoms. The third-order valence-corrected chi connectivity index (χ3v) is 5.43. The van der Waals surface area contributed by atoms with Gasteiger partial charge in [0, 0.05) is 50.2 Å². The molecule has 180 valence electrons. The summed E-state index contributed by atoms with van der Waals surface area (Å²) in [5.41, 5.74) is 0.346. The lowest BCUT2D eigenvalue weighted by atomic mass is 9.99. The molecule has 0 atom stereocenters. The third kappa shape index (κ3) is 5.11. The van der Waals surface area contributed by atoms with Crippen molar-refractivity contribution in [3.8, 4) is 17.2 Å². The van der Waals surface area contributed by atoms with E-state index in [1.807, 2.05) is 20.9 Å². The van der Waals surface area contributed by atoms with Crippen molar-refractivity contribution in [1.29, 1.82) is 0 Å². The average molecular weight is 472 g/mol. The van der Waals surface area contributed by atoms with Crippen LogP contribution >= 0.6 is 0 Å². The number of nitrogens with one attached hydrogen (secondary N) is 2. The van der Waals surface area contributed by atoms with E-state index in [-0.39, 0.29) is 23.8 Å². The Balaban J connectivity index is 1.61.